The summed E-state index contributed by atoms with van der Waals surface area (Å²) < 4.78 is 41.5. The minimum atomic E-state index is -3.88. The van der Waals surface area contributed by atoms with Gasteiger partial charge >= 0.3 is 0 Å². The first-order chi connectivity index (χ1) is 9.83. The maximum Gasteiger partial charge on any atom is 0.243 e. The van der Waals surface area contributed by atoms with Crippen LogP contribution >= 0.6 is 11.8 Å². The first-order valence-electron chi connectivity index (χ1n) is 6.94. The van der Waals surface area contributed by atoms with E-state index in [0.29, 0.717) is 5.25 Å². The minimum Gasteiger partial charge on any atom is -0.399 e. The molecular formula is C14H21FN2O2S2. The van der Waals surface area contributed by atoms with E-state index in [1.165, 1.54) is 19.1 Å². The number of nitrogens with one attached hydrogen (secondary N) is 1. The molecule has 21 heavy (non-hydrogen) atoms. The molecule has 1 aromatic carbocycles. The van der Waals surface area contributed by atoms with Crippen molar-refractivity contribution in [2.75, 3.05) is 12.0 Å². The second-order valence-electron chi connectivity index (χ2n) is 5.49. The molecule has 4 nitrogen and oxygen atoms in total. The summed E-state index contributed by atoms with van der Waals surface area (Å²) in [5.41, 5.74) is 6.13. The van der Waals surface area contributed by atoms with Gasteiger partial charge in [-0.25, -0.2) is 17.5 Å². The Bertz CT molecular complexity index is 620. The summed E-state index contributed by atoms with van der Waals surface area (Å²) in [6.45, 7) is 1.51. The lowest BCUT2D eigenvalue weighted by atomic mass is 9.96. The molecule has 0 aromatic heterocycles. The quantitative estimate of drug-likeness (QED) is 0.832. The van der Waals surface area contributed by atoms with Crippen molar-refractivity contribution in [3.05, 3.63) is 23.5 Å². The van der Waals surface area contributed by atoms with Gasteiger partial charge in [0.1, 0.15) is 10.7 Å². The van der Waals surface area contributed by atoms with Crippen molar-refractivity contribution in [2.45, 2.75) is 48.8 Å². The molecule has 7 heteroatoms. The second-order valence-corrected chi connectivity index (χ2v) is 8.31. The van der Waals surface area contributed by atoms with Crippen molar-refractivity contribution in [1.82, 2.24) is 4.72 Å². The molecule has 0 bridgehead atoms. The highest BCUT2D eigenvalue weighted by atomic mass is 32.2. The summed E-state index contributed by atoms with van der Waals surface area (Å²) in [5.74, 6) is -0.728. The minimum absolute atomic E-state index is 0.137. The van der Waals surface area contributed by atoms with Gasteiger partial charge in [0, 0.05) is 17.0 Å². The molecule has 1 aromatic rings. The van der Waals surface area contributed by atoms with Crippen LogP contribution in [-0.4, -0.2) is 26.0 Å². The van der Waals surface area contributed by atoms with Crippen LogP contribution in [0.3, 0.4) is 0 Å². The van der Waals surface area contributed by atoms with Gasteiger partial charge in [0.25, 0.3) is 0 Å². The van der Waals surface area contributed by atoms with Crippen molar-refractivity contribution < 1.29 is 12.8 Å². The van der Waals surface area contributed by atoms with Gasteiger partial charge in [-0.1, -0.05) is 6.42 Å². The third-order valence-electron chi connectivity index (χ3n) is 3.81. The van der Waals surface area contributed by atoms with Crippen LogP contribution in [-0.2, 0) is 10.0 Å². The summed E-state index contributed by atoms with van der Waals surface area (Å²) in [4.78, 5) is -0.355. The third kappa shape index (κ3) is 3.90. The SMILES string of the molecule is CSC1CCCC(NS(=O)(=O)c2cc(N)cc(C)c2F)C1. The number of nitrogens with two attached hydrogens (primary N) is 1. The lowest BCUT2D eigenvalue weighted by Gasteiger charge is -2.28. The Balaban J connectivity index is 2.23. The highest BCUT2D eigenvalue weighted by Crippen LogP contribution is 2.28. The highest BCUT2D eigenvalue weighted by Gasteiger charge is 2.28. The van der Waals surface area contributed by atoms with Crippen molar-refractivity contribution >= 4 is 27.5 Å². The van der Waals surface area contributed by atoms with Gasteiger partial charge in [-0.2, -0.15) is 11.8 Å². The maximum atomic E-state index is 14.1. The number of aryl methyl sites for hydroxylation is 1. The number of halogens is 1. The van der Waals surface area contributed by atoms with E-state index in [9.17, 15) is 12.8 Å². The van der Waals surface area contributed by atoms with Gasteiger partial charge < -0.3 is 5.73 Å². The van der Waals surface area contributed by atoms with E-state index in [0.717, 1.165) is 25.7 Å². The van der Waals surface area contributed by atoms with Crippen LogP contribution in [0.2, 0.25) is 0 Å². The first kappa shape index (κ1) is 16.6. The Morgan fingerprint density at radius 1 is 1.38 bits per heavy atom. The summed E-state index contributed by atoms with van der Waals surface area (Å²) in [6.07, 6.45) is 5.69. The highest BCUT2D eigenvalue weighted by molar-refractivity contribution is 7.99. The van der Waals surface area contributed by atoms with Crippen LogP contribution in [0.5, 0.6) is 0 Å². The number of thioether (sulfide) groups is 1. The Kier molecular flexibility index (Phi) is 5.16. The Hall–Kier alpha value is -0.790. The molecule has 2 atom stereocenters. The molecule has 0 amide bonds. The molecule has 1 fully saturated rings. The number of nitrogen functional groups attached to an aromatic ring is 1. The third-order valence-corrected chi connectivity index (χ3v) is 6.43. The summed E-state index contributed by atoms with van der Waals surface area (Å²) in [7, 11) is -3.88. The largest absolute Gasteiger partial charge is 0.399 e. The van der Waals surface area contributed by atoms with Gasteiger partial charge in [-0.05, 0) is 50.1 Å². The van der Waals surface area contributed by atoms with E-state index in [4.69, 9.17) is 5.73 Å². The fraction of sp³-hybridized carbons (Fsp3) is 0.571. The van der Waals surface area contributed by atoms with Gasteiger partial charge in [0.2, 0.25) is 10.0 Å². The topological polar surface area (TPSA) is 72.2 Å². The number of hydrogen-bond acceptors (Lipinski definition) is 4. The average Bonchev–Trinajstić information content (AvgIpc) is 2.42. The smallest absolute Gasteiger partial charge is 0.243 e. The molecule has 1 aliphatic rings. The molecular weight excluding hydrogens is 311 g/mol. The molecule has 2 rings (SSSR count). The van der Waals surface area contributed by atoms with Crippen molar-refractivity contribution in [1.29, 1.82) is 0 Å². The molecule has 3 N–H and O–H groups in total. The van der Waals surface area contributed by atoms with E-state index in [2.05, 4.69) is 4.72 Å². The van der Waals surface area contributed by atoms with Crippen molar-refractivity contribution in [2.24, 2.45) is 0 Å². The van der Waals surface area contributed by atoms with Gasteiger partial charge in [0.05, 0.1) is 0 Å². The average molecular weight is 332 g/mol. The van der Waals surface area contributed by atoms with Crippen LogP contribution in [0.4, 0.5) is 10.1 Å². The summed E-state index contributed by atoms with van der Waals surface area (Å²) in [5, 5.41) is 0.457. The molecule has 0 saturated heterocycles. The normalized spacial score (nSPS) is 23.2. The van der Waals surface area contributed by atoms with E-state index >= 15 is 0 Å². The summed E-state index contributed by atoms with van der Waals surface area (Å²) in [6, 6.07) is 2.47. The number of hydrogen-bond donors (Lipinski definition) is 2. The van der Waals surface area contributed by atoms with Gasteiger partial charge in [-0.15, -0.1) is 0 Å². The summed E-state index contributed by atoms with van der Waals surface area (Å²) >= 11 is 1.75. The van der Waals surface area contributed by atoms with Gasteiger partial charge in [0.15, 0.2) is 0 Å². The Morgan fingerprint density at radius 2 is 2.10 bits per heavy atom. The van der Waals surface area contributed by atoms with Crippen LogP contribution in [0.25, 0.3) is 0 Å². The number of anilines is 1. The van der Waals surface area contributed by atoms with Gasteiger partial charge in [-0.3, -0.25) is 0 Å². The lowest BCUT2D eigenvalue weighted by molar-refractivity contribution is 0.419. The first-order valence-corrected chi connectivity index (χ1v) is 9.71. The lowest BCUT2D eigenvalue weighted by Crippen LogP contribution is -2.39. The van der Waals surface area contributed by atoms with Crippen LogP contribution in [0, 0.1) is 12.7 Å². The zero-order chi connectivity index (χ0) is 15.6. The number of rotatable bonds is 4. The number of sulfonamides is 1. The van der Waals surface area contributed by atoms with Crippen LogP contribution in [0.15, 0.2) is 17.0 Å². The number of benzene rings is 1. The monoisotopic (exact) mass is 332 g/mol. The van der Waals surface area contributed by atoms with Crippen LogP contribution in [0.1, 0.15) is 31.2 Å². The molecule has 1 saturated carbocycles. The fourth-order valence-corrected chi connectivity index (χ4v) is 5.00. The predicted octanol–water partition coefficient (Wildman–Crippen LogP) is 2.67. The van der Waals surface area contributed by atoms with Crippen molar-refractivity contribution in [3.8, 4) is 0 Å². The molecule has 0 heterocycles. The Labute approximate surface area is 129 Å². The molecule has 2 unspecified atom stereocenters. The molecule has 0 radical (unpaired) electrons. The van der Waals surface area contributed by atoms with Crippen molar-refractivity contribution in [3.63, 3.8) is 0 Å². The fourth-order valence-electron chi connectivity index (χ4n) is 2.71. The molecule has 1 aliphatic carbocycles. The van der Waals surface area contributed by atoms with E-state index in [-0.39, 0.29) is 22.2 Å². The predicted molar refractivity (Wildman–Crippen MR) is 85.4 cm³/mol. The molecule has 0 spiro atoms. The molecule has 118 valence electrons. The van der Waals surface area contributed by atoms with Crippen LogP contribution < -0.4 is 10.5 Å². The van der Waals surface area contributed by atoms with E-state index in [1.807, 2.05) is 6.26 Å². The Morgan fingerprint density at radius 3 is 2.76 bits per heavy atom. The second kappa shape index (κ2) is 6.54. The molecule has 0 aliphatic heterocycles. The standard InChI is InChI=1S/C14H21FN2O2S2/c1-9-6-10(16)7-13(14(9)15)21(18,19)17-11-4-3-5-12(8-11)20-2/h6-7,11-12,17H,3-5,8,16H2,1-2H3. The zero-order valence-corrected chi connectivity index (χ0v) is 13.9. The zero-order valence-electron chi connectivity index (χ0n) is 12.2. The van der Waals surface area contributed by atoms with E-state index in [1.54, 1.807) is 11.8 Å². The van der Waals surface area contributed by atoms with E-state index < -0.39 is 15.8 Å². The maximum absolute atomic E-state index is 14.1.